The predicted molar refractivity (Wildman–Crippen MR) is 29.8 cm³/mol. The largest absolute Gasteiger partial charge is 0.385 e. The Labute approximate surface area is 53.4 Å². The van der Waals surface area contributed by atoms with Crippen molar-refractivity contribution in [2.24, 2.45) is 0 Å². The van der Waals surface area contributed by atoms with Crippen molar-refractivity contribution < 1.29 is 19.0 Å². The minimum absolute atomic E-state index is 0.852. The van der Waals surface area contributed by atoms with Crippen molar-refractivity contribution in [2.45, 2.75) is 12.4 Å². The SMILES string of the molecule is COC(OC)C(O)CF. The second-order valence-electron chi connectivity index (χ2n) is 1.56. The van der Waals surface area contributed by atoms with Crippen LogP contribution in [0.1, 0.15) is 0 Å². The van der Waals surface area contributed by atoms with Crippen LogP contribution >= 0.6 is 0 Å². The molecule has 0 fully saturated rings. The molecule has 0 spiro atoms. The number of aliphatic hydroxyl groups excluding tert-OH is 1. The van der Waals surface area contributed by atoms with Gasteiger partial charge >= 0.3 is 0 Å². The molecular formula is C5H11FO3. The second-order valence-corrected chi connectivity index (χ2v) is 1.56. The first-order valence-electron chi connectivity index (χ1n) is 2.55. The van der Waals surface area contributed by atoms with Gasteiger partial charge in [0.15, 0.2) is 6.29 Å². The average molecular weight is 138 g/mol. The Hall–Kier alpha value is -0.190. The molecule has 0 radical (unpaired) electrons. The molecule has 0 saturated carbocycles. The first kappa shape index (κ1) is 8.81. The van der Waals surface area contributed by atoms with E-state index in [1.807, 2.05) is 0 Å². The molecular weight excluding hydrogens is 127 g/mol. The normalized spacial score (nSPS) is 14.3. The molecule has 4 heteroatoms. The van der Waals surface area contributed by atoms with E-state index in [1.165, 1.54) is 14.2 Å². The van der Waals surface area contributed by atoms with E-state index < -0.39 is 19.1 Å². The molecule has 0 aromatic rings. The number of aliphatic hydroxyl groups is 1. The van der Waals surface area contributed by atoms with Crippen LogP contribution in [0.2, 0.25) is 0 Å². The number of rotatable bonds is 4. The molecule has 0 bridgehead atoms. The lowest BCUT2D eigenvalue weighted by atomic mass is 10.4. The summed E-state index contributed by atoms with van der Waals surface area (Å²) in [6.07, 6.45) is -2.03. The lowest BCUT2D eigenvalue weighted by Gasteiger charge is -2.16. The van der Waals surface area contributed by atoms with Gasteiger partial charge in [-0.1, -0.05) is 0 Å². The molecule has 0 aromatic heterocycles. The van der Waals surface area contributed by atoms with Crippen LogP contribution in [-0.4, -0.2) is 38.4 Å². The molecule has 0 heterocycles. The van der Waals surface area contributed by atoms with Crippen LogP contribution in [-0.2, 0) is 9.47 Å². The zero-order valence-corrected chi connectivity index (χ0v) is 5.50. The summed E-state index contributed by atoms with van der Waals surface area (Å²) < 4.78 is 20.7. The topological polar surface area (TPSA) is 38.7 Å². The summed E-state index contributed by atoms with van der Waals surface area (Å²) in [5.74, 6) is 0. The van der Waals surface area contributed by atoms with Crippen molar-refractivity contribution in [3.05, 3.63) is 0 Å². The number of hydrogen-bond acceptors (Lipinski definition) is 3. The molecule has 3 nitrogen and oxygen atoms in total. The molecule has 0 aromatic carbocycles. The molecule has 9 heavy (non-hydrogen) atoms. The van der Waals surface area contributed by atoms with Crippen LogP contribution in [0, 0.1) is 0 Å². The molecule has 0 aliphatic rings. The van der Waals surface area contributed by atoms with E-state index in [9.17, 15) is 4.39 Å². The number of alkyl halides is 1. The molecule has 0 aliphatic heterocycles. The van der Waals surface area contributed by atoms with Gasteiger partial charge in [0.2, 0.25) is 0 Å². The highest BCUT2D eigenvalue weighted by molar-refractivity contribution is 4.55. The molecule has 1 atom stereocenters. The van der Waals surface area contributed by atoms with E-state index in [2.05, 4.69) is 9.47 Å². The molecule has 1 unspecified atom stereocenters. The van der Waals surface area contributed by atoms with Crippen molar-refractivity contribution in [2.75, 3.05) is 20.9 Å². The van der Waals surface area contributed by atoms with Gasteiger partial charge in [0.1, 0.15) is 12.8 Å². The predicted octanol–water partition coefficient (Wildman–Crippen LogP) is -0.0643. The summed E-state index contributed by atoms with van der Waals surface area (Å²) in [7, 11) is 2.68. The van der Waals surface area contributed by atoms with Gasteiger partial charge in [-0.15, -0.1) is 0 Å². The molecule has 1 N–H and O–H groups in total. The van der Waals surface area contributed by atoms with E-state index >= 15 is 0 Å². The van der Waals surface area contributed by atoms with Crippen LogP contribution in [0.4, 0.5) is 4.39 Å². The van der Waals surface area contributed by atoms with E-state index in [0.29, 0.717) is 0 Å². The van der Waals surface area contributed by atoms with E-state index in [1.54, 1.807) is 0 Å². The van der Waals surface area contributed by atoms with Crippen LogP contribution in [0.3, 0.4) is 0 Å². The summed E-state index contributed by atoms with van der Waals surface area (Å²) in [4.78, 5) is 0. The van der Waals surface area contributed by atoms with E-state index in [4.69, 9.17) is 5.11 Å². The smallest absolute Gasteiger partial charge is 0.185 e. The Balaban J connectivity index is 3.50. The lowest BCUT2D eigenvalue weighted by molar-refractivity contribution is -0.167. The highest BCUT2D eigenvalue weighted by atomic mass is 19.1. The van der Waals surface area contributed by atoms with E-state index in [0.717, 1.165) is 0 Å². The first-order valence-corrected chi connectivity index (χ1v) is 2.55. The van der Waals surface area contributed by atoms with Gasteiger partial charge in [-0.05, 0) is 0 Å². The van der Waals surface area contributed by atoms with Crippen LogP contribution in [0.15, 0.2) is 0 Å². The summed E-state index contributed by atoms with van der Waals surface area (Å²) in [6.45, 7) is -0.855. The fourth-order valence-electron chi connectivity index (χ4n) is 0.483. The van der Waals surface area contributed by atoms with Gasteiger partial charge in [0.25, 0.3) is 0 Å². The summed E-state index contributed by atoms with van der Waals surface area (Å²) in [5, 5.41) is 8.69. The zero-order valence-electron chi connectivity index (χ0n) is 5.50. The Bertz CT molecular complexity index is 65.2. The van der Waals surface area contributed by atoms with Crippen molar-refractivity contribution in [3.63, 3.8) is 0 Å². The first-order chi connectivity index (χ1) is 4.26. The van der Waals surface area contributed by atoms with Gasteiger partial charge in [0.05, 0.1) is 0 Å². The Kier molecular flexibility index (Phi) is 4.57. The van der Waals surface area contributed by atoms with Crippen molar-refractivity contribution in [1.82, 2.24) is 0 Å². The summed E-state index contributed by atoms with van der Waals surface area (Å²) in [5.41, 5.74) is 0. The van der Waals surface area contributed by atoms with Crippen molar-refractivity contribution in [1.29, 1.82) is 0 Å². The average Bonchev–Trinajstić information content (AvgIpc) is 1.90. The number of ether oxygens (including phenoxy) is 2. The quantitative estimate of drug-likeness (QED) is 0.553. The minimum Gasteiger partial charge on any atom is -0.385 e. The van der Waals surface area contributed by atoms with Crippen molar-refractivity contribution >= 4 is 0 Å². The second kappa shape index (κ2) is 4.67. The van der Waals surface area contributed by atoms with Crippen LogP contribution in [0.5, 0.6) is 0 Å². The minimum atomic E-state index is -1.18. The Morgan fingerprint density at radius 1 is 1.44 bits per heavy atom. The summed E-state index contributed by atoms with van der Waals surface area (Å²) >= 11 is 0. The van der Waals surface area contributed by atoms with E-state index in [-0.39, 0.29) is 0 Å². The molecule has 0 rings (SSSR count). The summed E-state index contributed by atoms with van der Waals surface area (Å²) in [6, 6.07) is 0. The Morgan fingerprint density at radius 3 is 2.00 bits per heavy atom. The molecule has 0 saturated heterocycles. The molecule has 0 amide bonds. The third-order valence-electron chi connectivity index (χ3n) is 0.937. The molecule has 0 aliphatic carbocycles. The lowest BCUT2D eigenvalue weighted by Crippen LogP contribution is -2.31. The molecule has 56 valence electrons. The van der Waals surface area contributed by atoms with Gasteiger partial charge < -0.3 is 14.6 Å². The van der Waals surface area contributed by atoms with Gasteiger partial charge in [-0.3, -0.25) is 0 Å². The fraction of sp³-hybridized carbons (Fsp3) is 1.00. The highest BCUT2D eigenvalue weighted by Crippen LogP contribution is 1.98. The Morgan fingerprint density at radius 2 is 1.89 bits per heavy atom. The van der Waals surface area contributed by atoms with Crippen molar-refractivity contribution in [3.8, 4) is 0 Å². The fourth-order valence-corrected chi connectivity index (χ4v) is 0.483. The maximum absolute atomic E-state index is 11.6. The van der Waals surface area contributed by atoms with Gasteiger partial charge in [-0.2, -0.15) is 0 Å². The van der Waals surface area contributed by atoms with Gasteiger partial charge in [-0.25, -0.2) is 4.39 Å². The maximum Gasteiger partial charge on any atom is 0.185 e. The number of methoxy groups -OCH3 is 2. The highest BCUT2D eigenvalue weighted by Gasteiger charge is 2.16. The third kappa shape index (κ3) is 2.74. The van der Waals surface area contributed by atoms with Gasteiger partial charge in [0, 0.05) is 14.2 Å². The number of halogens is 1. The zero-order chi connectivity index (χ0) is 7.28. The monoisotopic (exact) mass is 138 g/mol. The maximum atomic E-state index is 11.6. The number of hydrogen-bond donors (Lipinski definition) is 1. The van der Waals surface area contributed by atoms with Crippen LogP contribution in [0.25, 0.3) is 0 Å². The standard InChI is InChI=1S/C5H11FO3/c1-8-5(9-2)4(7)3-6/h4-5,7H,3H2,1-2H3. The third-order valence-corrected chi connectivity index (χ3v) is 0.937. The van der Waals surface area contributed by atoms with Crippen LogP contribution < -0.4 is 0 Å².